The molecule has 1 aliphatic heterocycles. The lowest BCUT2D eigenvalue weighted by atomic mass is 10.0. The summed E-state index contributed by atoms with van der Waals surface area (Å²) in [5.41, 5.74) is 1.51. The first-order chi connectivity index (χ1) is 12.0. The number of Topliss-reactive ketones (excluding diaryl/α,β-unsaturated/α-hetero) is 1. The van der Waals surface area contributed by atoms with Gasteiger partial charge < -0.3 is 14.8 Å². The average molecular weight is 404 g/mol. The highest BCUT2D eigenvalue weighted by atomic mass is 79.9. The highest BCUT2D eigenvalue weighted by molar-refractivity contribution is 9.10. The molecule has 0 spiro atoms. The number of rotatable bonds is 5. The van der Waals surface area contributed by atoms with Crippen molar-refractivity contribution in [1.29, 1.82) is 0 Å². The van der Waals surface area contributed by atoms with Gasteiger partial charge in [0, 0.05) is 22.0 Å². The number of benzene rings is 2. The van der Waals surface area contributed by atoms with Gasteiger partial charge in [0.2, 0.25) is 0 Å². The second-order valence-electron chi connectivity index (χ2n) is 5.81. The largest absolute Gasteiger partial charge is 0.493 e. The van der Waals surface area contributed by atoms with Crippen LogP contribution in [-0.2, 0) is 4.79 Å². The van der Waals surface area contributed by atoms with Crippen LogP contribution in [0.15, 0.2) is 46.9 Å². The third-order valence-electron chi connectivity index (χ3n) is 3.96. The van der Waals surface area contributed by atoms with Crippen LogP contribution in [0.25, 0.3) is 0 Å². The van der Waals surface area contributed by atoms with Crippen molar-refractivity contribution in [3.8, 4) is 11.5 Å². The minimum atomic E-state index is -0.217. The highest BCUT2D eigenvalue weighted by Crippen LogP contribution is 2.34. The predicted molar refractivity (Wildman–Crippen MR) is 97.1 cm³/mol. The Morgan fingerprint density at radius 1 is 1.28 bits per heavy atom. The van der Waals surface area contributed by atoms with Crippen LogP contribution in [0.4, 0.5) is 0 Å². The summed E-state index contributed by atoms with van der Waals surface area (Å²) in [6.45, 7) is 1.94. The summed E-state index contributed by atoms with van der Waals surface area (Å²) in [5, 5.41) is 2.98. The van der Waals surface area contributed by atoms with Crippen molar-refractivity contribution < 1.29 is 19.1 Å². The Bertz CT molecular complexity index is 806. The number of ether oxygens (including phenoxy) is 2. The van der Waals surface area contributed by atoms with Gasteiger partial charge in [-0.05, 0) is 37.3 Å². The predicted octanol–water partition coefficient (Wildman–Crippen LogP) is 3.67. The Hall–Kier alpha value is -2.34. The maximum absolute atomic E-state index is 12.2. The molecule has 2 aromatic rings. The van der Waals surface area contributed by atoms with E-state index in [9.17, 15) is 9.59 Å². The molecule has 6 heteroatoms. The first kappa shape index (κ1) is 17.5. The van der Waals surface area contributed by atoms with E-state index in [1.807, 2.05) is 18.2 Å². The van der Waals surface area contributed by atoms with Crippen molar-refractivity contribution in [3.63, 3.8) is 0 Å². The van der Waals surface area contributed by atoms with Gasteiger partial charge >= 0.3 is 0 Å². The van der Waals surface area contributed by atoms with Crippen LogP contribution in [0.3, 0.4) is 0 Å². The molecule has 0 aromatic heterocycles. The fraction of sp³-hybridized carbons (Fsp3) is 0.263. The molecule has 0 fully saturated rings. The average Bonchev–Trinajstić information content (AvgIpc) is 2.61. The number of amides is 1. The van der Waals surface area contributed by atoms with E-state index in [-0.39, 0.29) is 24.3 Å². The fourth-order valence-electron chi connectivity index (χ4n) is 2.70. The van der Waals surface area contributed by atoms with E-state index in [1.165, 1.54) is 6.92 Å². The second-order valence-corrected chi connectivity index (χ2v) is 6.73. The minimum Gasteiger partial charge on any atom is -0.493 e. The van der Waals surface area contributed by atoms with Gasteiger partial charge in [-0.25, -0.2) is 0 Å². The molecule has 3 rings (SSSR count). The monoisotopic (exact) mass is 403 g/mol. The van der Waals surface area contributed by atoms with Crippen LogP contribution in [0.2, 0.25) is 0 Å². The van der Waals surface area contributed by atoms with Crippen molar-refractivity contribution in [2.24, 2.45) is 0 Å². The topological polar surface area (TPSA) is 64.6 Å². The highest BCUT2D eigenvalue weighted by Gasteiger charge is 2.23. The van der Waals surface area contributed by atoms with E-state index < -0.39 is 0 Å². The molecular formula is C19H18BrNO4. The summed E-state index contributed by atoms with van der Waals surface area (Å²) in [4.78, 5) is 23.6. The molecule has 0 saturated carbocycles. The molecule has 1 unspecified atom stereocenters. The third kappa shape index (κ3) is 4.39. The number of hydrogen-bond acceptors (Lipinski definition) is 4. The zero-order chi connectivity index (χ0) is 17.8. The van der Waals surface area contributed by atoms with E-state index in [1.54, 1.807) is 24.3 Å². The van der Waals surface area contributed by atoms with E-state index in [0.29, 0.717) is 24.3 Å². The molecule has 5 nitrogen and oxygen atoms in total. The van der Waals surface area contributed by atoms with Crippen LogP contribution >= 0.6 is 15.9 Å². The summed E-state index contributed by atoms with van der Waals surface area (Å²) in [6.07, 6.45) is 0.703. The molecule has 0 bridgehead atoms. The smallest absolute Gasteiger partial charge is 0.258 e. The number of carbonyl (C=O) groups is 2. The summed E-state index contributed by atoms with van der Waals surface area (Å²) < 4.78 is 12.1. The number of hydrogen-bond donors (Lipinski definition) is 1. The van der Waals surface area contributed by atoms with Crippen molar-refractivity contribution >= 4 is 27.6 Å². The summed E-state index contributed by atoms with van der Waals surface area (Å²) >= 11 is 3.44. The zero-order valence-corrected chi connectivity index (χ0v) is 15.3. The maximum Gasteiger partial charge on any atom is 0.258 e. The van der Waals surface area contributed by atoms with Gasteiger partial charge in [-0.2, -0.15) is 0 Å². The van der Waals surface area contributed by atoms with Crippen LogP contribution in [0.1, 0.15) is 35.3 Å². The first-order valence-electron chi connectivity index (χ1n) is 7.98. The normalized spacial score (nSPS) is 15.7. The quantitative estimate of drug-likeness (QED) is 0.773. The Kier molecular flexibility index (Phi) is 5.38. The van der Waals surface area contributed by atoms with Crippen molar-refractivity contribution in [1.82, 2.24) is 5.32 Å². The zero-order valence-electron chi connectivity index (χ0n) is 13.8. The Morgan fingerprint density at radius 2 is 2.12 bits per heavy atom. The molecule has 0 radical (unpaired) electrons. The lowest BCUT2D eigenvalue weighted by molar-refractivity contribution is -0.124. The van der Waals surface area contributed by atoms with E-state index in [0.717, 1.165) is 15.8 Å². The third-order valence-corrected chi connectivity index (χ3v) is 4.45. The van der Waals surface area contributed by atoms with Crippen molar-refractivity contribution in [3.05, 3.63) is 58.1 Å². The van der Waals surface area contributed by atoms with Gasteiger partial charge in [0.25, 0.3) is 5.91 Å². The molecule has 0 saturated heterocycles. The van der Waals surface area contributed by atoms with Crippen LogP contribution in [-0.4, -0.2) is 24.9 Å². The minimum absolute atomic E-state index is 0.0423. The van der Waals surface area contributed by atoms with Crippen LogP contribution < -0.4 is 14.8 Å². The van der Waals surface area contributed by atoms with E-state index in [4.69, 9.17) is 9.47 Å². The summed E-state index contributed by atoms with van der Waals surface area (Å²) in [7, 11) is 0. The van der Waals surface area contributed by atoms with Gasteiger partial charge in [-0.15, -0.1) is 0 Å². The summed E-state index contributed by atoms with van der Waals surface area (Å²) in [6, 6.07) is 12.5. The molecule has 2 aromatic carbocycles. The van der Waals surface area contributed by atoms with Crippen LogP contribution in [0, 0.1) is 0 Å². The summed E-state index contributed by atoms with van der Waals surface area (Å²) in [5.74, 6) is 1.03. The second kappa shape index (κ2) is 7.70. The standard InChI is InChI=1S/C19H18BrNO4/c1-12(22)13-3-2-4-15(9-13)25-11-19(23)21-17-7-8-24-18-6-5-14(20)10-16(17)18/h2-6,9-10,17H,7-8,11H2,1H3,(H,21,23). The van der Waals surface area contributed by atoms with Crippen molar-refractivity contribution in [2.45, 2.75) is 19.4 Å². The molecular weight excluding hydrogens is 386 g/mol. The molecule has 1 amide bonds. The van der Waals surface area contributed by atoms with E-state index in [2.05, 4.69) is 21.2 Å². The number of ketones is 1. The molecule has 25 heavy (non-hydrogen) atoms. The number of fused-ring (bicyclic) bond motifs is 1. The van der Waals surface area contributed by atoms with Gasteiger partial charge in [-0.3, -0.25) is 9.59 Å². The maximum atomic E-state index is 12.2. The Labute approximate surface area is 154 Å². The fourth-order valence-corrected chi connectivity index (χ4v) is 3.08. The lowest BCUT2D eigenvalue weighted by Gasteiger charge is -2.27. The SMILES string of the molecule is CC(=O)c1cccc(OCC(=O)NC2CCOc3ccc(Br)cc32)c1. The number of carbonyl (C=O) groups excluding carboxylic acids is 2. The van der Waals surface area contributed by atoms with Gasteiger partial charge in [0.1, 0.15) is 11.5 Å². The van der Waals surface area contributed by atoms with E-state index >= 15 is 0 Å². The number of halogens is 1. The van der Waals surface area contributed by atoms with Crippen molar-refractivity contribution in [2.75, 3.05) is 13.2 Å². The van der Waals surface area contributed by atoms with Gasteiger partial charge in [0.05, 0.1) is 12.6 Å². The Balaban J connectivity index is 1.61. The molecule has 1 heterocycles. The first-order valence-corrected chi connectivity index (χ1v) is 8.77. The molecule has 1 atom stereocenters. The van der Waals surface area contributed by atoms with Gasteiger partial charge in [-0.1, -0.05) is 28.1 Å². The molecule has 0 aliphatic carbocycles. The molecule has 130 valence electrons. The van der Waals surface area contributed by atoms with Crippen LogP contribution in [0.5, 0.6) is 11.5 Å². The van der Waals surface area contributed by atoms with Gasteiger partial charge in [0.15, 0.2) is 12.4 Å². The Morgan fingerprint density at radius 3 is 2.92 bits per heavy atom. The molecule has 1 N–H and O–H groups in total. The lowest BCUT2D eigenvalue weighted by Crippen LogP contribution is -2.35. The molecule has 1 aliphatic rings. The number of nitrogens with one attached hydrogen (secondary N) is 1.